The Morgan fingerprint density at radius 1 is 0.688 bits per heavy atom. The molecular weight excluding hydrogens is 326 g/mol. The fourth-order valence-electron chi connectivity index (χ4n) is 1.41. The van der Waals surface area contributed by atoms with Crippen molar-refractivity contribution in [2.24, 2.45) is 0 Å². The van der Waals surface area contributed by atoms with Crippen molar-refractivity contribution in [1.29, 1.82) is 0 Å². The van der Waals surface area contributed by atoms with E-state index in [1.165, 1.54) is 0 Å². The van der Waals surface area contributed by atoms with E-state index >= 15 is 0 Å². The second-order valence-corrected chi connectivity index (χ2v) is 5.43. The molecular formula is C12H8As2O2. The quantitative estimate of drug-likeness (QED) is 0.739. The first-order chi connectivity index (χ1) is 7.58. The predicted molar refractivity (Wildman–Crippen MR) is 66.0 cm³/mol. The summed E-state index contributed by atoms with van der Waals surface area (Å²) in [5, 5.41) is 18.9. The van der Waals surface area contributed by atoms with Crippen molar-refractivity contribution >= 4 is 42.4 Å². The normalized spacial score (nSPS) is 10.4. The Morgan fingerprint density at radius 3 is 1.38 bits per heavy atom. The van der Waals surface area contributed by atoms with Crippen molar-refractivity contribution in [2.75, 3.05) is 0 Å². The van der Waals surface area contributed by atoms with Crippen LogP contribution in [0.3, 0.4) is 0 Å². The first-order valence-electron chi connectivity index (χ1n) is 4.62. The molecule has 2 aromatic rings. The van der Waals surface area contributed by atoms with E-state index in [1.807, 2.05) is 24.3 Å². The Balaban J connectivity index is 2.50. The van der Waals surface area contributed by atoms with Gasteiger partial charge in [-0.1, -0.05) is 0 Å². The molecule has 2 rings (SSSR count). The van der Waals surface area contributed by atoms with Crippen LogP contribution in [0, 0.1) is 0 Å². The van der Waals surface area contributed by atoms with E-state index in [-0.39, 0.29) is 11.5 Å². The van der Waals surface area contributed by atoms with Gasteiger partial charge in [0, 0.05) is 0 Å². The molecule has 0 bridgehead atoms. The average molecular weight is 334 g/mol. The Morgan fingerprint density at radius 2 is 1.06 bits per heavy atom. The molecule has 4 heteroatoms. The Bertz CT molecular complexity index is 489. The van der Waals surface area contributed by atoms with E-state index in [0.29, 0.717) is 0 Å². The molecule has 2 nitrogen and oxygen atoms in total. The zero-order valence-electron chi connectivity index (χ0n) is 8.25. The zero-order chi connectivity index (χ0) is 11.7. The molecule has 0 saturated carbocycles. The van der Waals surface area contributed by atoms with Crippen LogP contribution >= 0.6 is 0 Å². The van der Waals surface area contributed by atoms with Crippen LogP contribution in [0.1, 0.15) is 0 Å². The van der Waals surface area contributed by atoms with Gasteiger partial charge in [0.2, 0.25) is 0 Å². The van der Waals surface area contributed by atoms with E-state index < -0.39 is 0 Å². The third-order valence-electron chi connectivity index (χ3n) is 2.28. The molecule has 0 aliphatic rings. The number of phenolic OH excluding ortho intramolecular Hbond substituents is 2. The predicted octanol–water partition coefficient (Wildman–Crippen LogP) is 0.352. The first kappa shape index (κ1) is 11.6. The van der Waals surface area contributed by atoms with Gasteiger partial charge in [0.05, 0.1) is 0 Å². The van der Waals surface area contributed by atoms with Crippen LogP contribution < -0.4 is 8.70 Å². The summed E-state index contributed by atoms with van der Waals surface area (Å²) >= 11 is 4.67. The molecule has 2 N–H and O–H groups in total. The molecule has 0 aliphatic carbocycles. The molecule has 0 atom stereocenters. The minimum absolute atomic E-state index is 0.273. The van der Waals surface area contributed by atoms with Crippen LogP contribution in [0.25, 0.3) is 11.1 Å². The van der Waals surface area contributed by atoms with Crippen molar-refractivity contribution in [3.05, 3.63) is 36.4 Å². The number of rotatable bonds is 1. The van der Waals surface area contributed by atoms with Crippen LogP contribution in [0.2, 0.25) is 0 Å². The van der Waals surface area contributed by atoms with E-state index in [1.54, 1.807) is 12.1 Å². The SMILES string of the molecule is Oc1ccc(-c2ccc(O)c([As])c2)cc1[As]. The molecule has 0 spiro atoms. The van der Waals surface area contributed by atoms with Gasteiger partial charge in [-0.05, 0) is 0 Å². The van der Waals surface area contributed by atoms with Crippen molar-refractivity contribution in [3.8, 4) is 22.6 Å². The molecule has 4 radical (unpaired) electrons. The molecule has 0 aromatic heterocycles. The summed E-state index contributed by atoms with van der Waals surface area (Å²) in [5.41, 5.74) is 2.03. The van der Waals surface area contributed by atoms with Crippen molar-refractivity contribution in [3.63, 3.8) is 0 Å². The molecule has 16 heavy (non-hydrogen) atoms. The topological polar surface area (TPSA) is 40.5 Å². The molecule has 0 aliphatic heterocycles. The fourth-order valence-corrected chi connectivity index (χ4v) is 2.30. The second kappa shape index (κ2) is 4.57. The molecule has 0 saturated heterocycles. The minimum atomic E-state index is 0.273. The maximum absolute atomic E-state index is 9.43. The summed E-state index contributed by atoms with van der Waals surface area (Å²) in [4.78, 5) is 0. The van der Waals surface area contributed by atoms with Gasteiger partial charge in [0.1, 0.15) is 0 Å². The van der Waals surface area contributed by atoms with E-state index in [2.05, 4.69) is 33.7 Å². The molecule has 0 fully saturated rings. The van der Waals surface area contributed by atoms with Gasteiger partial charge < -0.3 is 0 Å². The summed E-state index contributed by atoms with van der Waals surface area (Å²) in [7, 11) is 0. The summed E-state index contributed by atoms with van der Waals surface area (Å²) in [6, 6.07) is 10.8. The second-order valence-electron chi connectivity index (χ2n) is 3.41. The molecule has 0 amide bonds. The Hall–Kier alpha value is -0.843. The van der Waals surface area contributed by atoms with Gasteiger partial charge in [-0.2, -0.15) is 0 Å². The van der Waals surface area contributed by atoms with Crippen LogP contribution in [0.4, 0.5) is 0 Å². The molecule has 0 heterocycles. The third kappa shape index (κ3) is 2.29. The molecule has 0 unspecified atom stereocenters. The van der Waals surface area contributed by atoms with Crippen molar-refractivity contribution in [2.45, 2.75) is 0 Å². The van der Waals surface area contributed by atoms with Gasteiger partial charge >= 0.3 is 112 Å². The maximum atomic E-state index is 9.43. The van der Waals surface area contributed by atoms with Crippen molar-refractivity contribution in [1.82, 2.24) is 0 Å². The standard InChI is InChI=1S/C12H8As2O2/c13-9-5-7(1-3-11(9)15)8-2-4-12(16)10(14)6-8/h1-6,15-16H. The van der Waals surface area contributed by atoms with E-state index in [0.717, 1.165) is 19.8 Å². The van der Waals surface area contributed by atoms with Gasteiger partial charge in [0.15, 0.2) is 0 Å². The number of hydrogen-bond acceptors (Lipinski definition) is 2. The monoisotopic (exact) mass is 334 g/mol. The fraction of sp³-hybridized carbons (Fsp3) is 0. The number of aromatic hydroxyl groups is 2. The third-order valence-corrected chi connectivity index (χ3v) is 3.79. The van der Waals surface area contributed by atoms with Gasteiger partial charge in [-0.15, -0.1) is 0 Å². The molecule has 2 aromatic carbocycles. The first-order valence-corrected chi connectivity index (χ1v) is 6.50. The van der Waals surface area contributed by atoms with E-state index in [9.17, 15) is 10.2 Å². The van der Waals surface area contributed by atoms with E-state index in [4.69, 9.17) is 0 Å². The summed E-state index contributed by atoms with van der Waals surface area (Å²) in [6.45, 7) is 0. The Labute approximate surface area is 111 Å². The van der Waals surface area contributed by atoms with Gasteiger partial charge in [-0.3, -0.25) is 0 Å². The van der Waals surface area contributed by atoms with Gasteiger partial charge in [-0.25, -0.2) is 0 Å². The molecule has 78 valence electrons. The Kier molecular flexibility index (Phi) is 3.32. The van der Waals surface area contributed by atoms with Crippen LogP contribution in [0.15, 0.2) is 36.4 Å². The van der Waals surface area contributed by atoms with Crippen LogP contribution in [-0.4, -0.2) is 43.9 Å². The summed E-state index contributed by atoms with van der Waals surface area (Å²) in [5.74, 6) is 0.546. The van der Waals surface area contributed by atoms with Crippen LogP contribution in [0.5, 0.6) is 11.5 Å². The number of hydrogen-bond donors (Lipinski definition) is 2. The zero-order valence-corrected chi connectivity index (χ0v) is 12.0. The van der Waals surface area contributed by atoms with Crippen LogP contribution in [-0.2, 0) is 0 Å². The van der Waals surface area contributed by atoms with Crippen molar-refractivity contribution < 1.29 is 10.2 Å². The number of benzene rings is 2. The average Bonchev–Trinajstić information content (AvgIpc) is 2.26. The summed E-state index contributed by atoms with van der Waals surface area (Å²) < 4.78 is 1.57. The van der Waals surface area contributed by atoms with Gasteiger partial charge in [0.25, 0.3) is 0 Å². The number of phenols is 2. The summed E-state index contributed by atoms with van der Waals surface area (Å²) in [6.07, 6.45) is 0.